The standard InChI is InChI=1S/C13H25NO2/c1-4-12(10(2)3)14-13(15)9-11-5-7-16-8-6-11/h10-12H,4-9H2,1-3H3,(H,14,15)/t12-/m1/s1. The lowest BCUT2D eigenvalue weighted by molar-refractivity contribution is -0.123. The van der Waals surface area contributed by atoms with Crippen molar-refractivity contribution in [3.63, 3.8) is 0 Å². The first-order valence-electron chi connectivity index (χ1n) is 6.50. The maximum absolute atomic E-state index is 11.8. The van der Waals surface area contributed by atoms with Crippen molar-refractivity contribution < 1.29 is 9.53 Å². The highest BCUT2D eigenvalue weighted by Gasteiger charge is 2.19. The Morgan fingerprint density at radius 3 is 2.50 bits per heavy atom. The minimum atomic E-state index is 0.215. The van der Waals surface area contributed by atoms with Crippen molar-refractivity contribution in [2.45, 2.75) is 52.5 Å². The molecule has 1 saturated heterocycles. The van der Waals surface area contributed by atoms with Crippen LogP contribution >= 0.6 is 0 Å². The summed E-state index contributed by atoms with van der Waals surface area (Å²) in [6.45, 7) is 8.07. The number of carbonyl (C=O) groups excluding carboxylic acids is 1. The van der Waals surface area contributed by atoms with E-state index in [0.717, 1.165) is 32.5 Å². The number of carbonyl (C=O) groups is 1. The second-order valence-electron chi connectivity index (χ2n) is 5.09. The van der Waals surface area contributed by atoms with Gasteiger partial charge in [-0.3, -0.25) is 4.79 Å². The van der Waals surface area contributed by atoms with Crippen LogP contribution in [0.15, 0.2) is 0 Å². The first-order chi connectivity index (χ1) is 7.63. The molecule has 1 fully saturated rings. The molecule has 1 N–H and O–H groups in total. The molecule has 16 heavy (non-hydrogen) atoms. The summed E-state index contributed by atoms with van der Waals surface area (Å²) in [6, 6.07) is 0.326. The lowest BCUT2D eigenvalue weighted by atomic mass is 9.95. The van der Waals surface area contributed by atoms with Crippen molar-refractivity contribution in [3.8, 4) is 0 Å². The highest BCUT2D eigenvalue weighted by molar-refractivity contribution is 5.76. The summed E-state index contributed by atoms with van der Waals surface area (Å²) in [7, 11) is 0. The summed E-state index contributed by atoms with van der Waals surface area (Å²) in [4.78, 5) is 11.8. The van der Waals surface area contributed by atoms with Crippen LogP contribution in [0.3, 0.4) is 0 Å². The van der Waals surface area contributed by atoms with Gasteiger partial charge in [0.15, 0.2) is 0 Å². The van der Waals surface area contributed by atoms with Gasteiger partial charge in [-0.05, 0) is 31.1 Å². The molecule has 1 amide bonds. The fourth-order valence-electron chi connectivity index (χ4n) is 2.22. The fourth-order valence-corrected chi connectivity index (χ4v) is 2.22. The molecule has 0 aliphatic carbocycles. The van der Waals surface area contributed by atoms with Gasteiger partial charge in [-0.2, -0.15) is 0 Å². The van der Waals surface area contributed by atoms with Crippen molar-refractivity contribution in [1.29, 1.82) is 0 Å². The van der Waals surface area contributed by atoms with E-state index in [1.807, 2.05) is 0 Å². The molecule has 0 saturated carbocycles. The van der Waals surface area contributed by atoms with Crippen molar-refractivity contribution in [1.82, 2.24) is 5.32 Å². The first kappa shape index (κ1) is 13.5. The Balaban J connectivity index is 2.28. The third-order valence-corrected chi connectivity index (χ3v) is 3.41. The highest BCUT2D eigenvalue weighted by Crippen LogP contribution is 2.18. The van der Waals surface area contributed by atoms with Crippen molar-refractivity contribution in [2.75, 3.05) is 13.2 Å². The first-order valence-corrected chi connectivity index (χ1v) is 6.50. The molecule has 1 atom stereocenters. The summed E-state index contributed by atoms with van der Waals surface area (Å²) >= 11 is 0. The van der Waals surface area contributed by atoms with Gasteiger partial charge in [-0.1, -0.05) is 20.8 Å². The zero-order valence-electron chi connectivity index (χ0n) is 10.8. The molecule has 0 aromatic rings. The van der Waals surface area contributed by atoms with Crippen molar-refractivity contribution in [2.24, 2.45) is 11.8 Å². The Kier molecular flexibility index (Phi) is 5.81. The molecule has 0 unspecified atom stereocenters. The minimum Gasteiger partial charge on any atom is -0.381 e. The Bertz CT molecular complexity index is 210. The number of nitrogens with one attached hydrogen (secondary N) is 1. The van der Waals surface area contributed by atoms with E-state index in [9.17, 15) is 4.79 Å². The Labute approximate surface area is 98.9 Å². The van der Waals surface area contributed by atoms with Gasteiger partial charge in [-0.25, -0.2) is 0 Å². The van der Waals surface area contributed by atoms with Gasteiger partial charge in [0.25, 0.3) is 0 Å². The molecule has 3 heteroatoms. The average molecular weight is 227 g/mol. The molecule has 0 aromatic carbocycles. The Hall–Kier alpha value is -0.570. The van der Waals surface area contributed by atoms with Crippen LogP contribution in [-0.4, -0.2) is 25.2 Å². The van der Waals surface area contributed by atoms with Gasteiger partial charge >= 0.3 is 0 Å². The Morgan fingerprint density at radius 1 is 1.38 bits per heavy atom. The maximum Gasteiger partial charge on any atom is 0.220 e. The monoisotopic (exact) mass is 227 g/mol. The second-order valence-corrected chi connectivity index (χ2v) is 5.09. The maximum atomic E-state index is 11.8. The molecule has 3 nitrogen and oxygen atoms in total. The van der Waals surface area contributed by atoms with Gasteiger partial charge in [0.1, 0.15) is 0 Å². The Morgan fingerprint density at radius 2 is 2.00 bits per heavy atom. The van der Waals surface area contributed by atoms with Gasteiger partial charge < -0.3 is 10.1 Å². The van der Waals surface area contributed by atoms with E-state index in [1.54, 1.807) is 0 Å². The van der Waals surface area contributed by atoms with Crippen LogP contribution in [0.2, 0.25) is 0 Å². The number of ether oxygens (including phenoxy) is 1. The lowest BCUT2D eigenvalue weighted by Crippen LogP contribution is -2.39. The largest absolute Gasteiger partial charge is 0.381 e. The summed E-state index contributed by atoms with van der Waals surface area (Å²) in [6.07, 6.45) is 3.75. The van der Waals surface area contributed by atoms with Crippen LogP contribution in [0.25, 0.3) is 0 Å². The summed E-state index contributed by atoms with van der Waals surface area (Å²) in [5, 5.41) is 3.13. The van der Waals surface area contributed by atoms with E-state index in [-0.39, 0.29) is 5.91 Å². The predicted molar refractivity (Wildman–Crippen MR) is 65.2 cm³/mol. The van der Waals surface area contributed by atoms with E-state index in [4.69, 9.17) is 4.74 Å². The third-order valence-electron chi connectivity index (χ3n) is 3.41. The molecule has 0 radical (unpaired) electrons. The quantitative estimate of drug-likeness (QED) is 0.783. The molecule has 0 bridgehead atoms. The topological polar surface area (TPSA) is 38.3 Å². The van der Waals surface area contributed by atoms with Crippen LogP contribution in [0, 0.1) is 11.8 Å². The number of amides is 1. The third kappa shape index (κ3) is 4.52. The van der Waals surface area contributed by atoms with Crippen LogP contribution in [0.5, 0.6) is 0 Å². The van der Waals surface area contributed by atoms with Crippen molar-refractivity contribution in [3.05, 3.63) is 0 Å². The molecule has 94 valence electrons. The molecule has 1 aliphatic rings. The van der Waals surface area contributed by atoms with Crippen molar-refractivity contribution >= 4 is 5.91 Å². The zero-order chi connectivity index (χ0) is 12.0. The van der Waals surface area contributed by atoms with E-state index in [1.165, 1.54) is 0 Å². The van der Waals surface area contributed by atoms with Crippen LogP contribution in [-0.2, 0) is 9.53 Å². The molecule has 0 aromatic heterocycles. The molecule has 0 spiro atoms. The predicted octanol–water partition coefficient (Wildman–Crippen LogP) is 2.35. The van der Waals surface area contributed by atoms with Gasteiger partial charge in [0.05, 0.1) is 0 Å². The highest BCUT2D eigenvalue weighted by atomic mass is 16.5. The van der Waals surface area contributed by atoms with E-state index in [0.29, 0.717) is 24.3 Å². The summed E-state index contributed by atoms with van der Waals surface area (Å²) in [5.74, 6) is 1.26. The minimum absolute atomic E-state index is 0.215. The SMILES string of the molecule is CC[C@@H](NC(=O)CC1CCOCC1)C(C)C. The zero-order valence-corrected chi connectivity index (χ0v) is 10.8. The second kappa shape index (κ2) is 6.89. The van der Waals surface area contributed by atoms with Crippen LogP contribution in [0.1, 0.15) is 46.5 Å². The molecular formula is C13H25NO2. The van der Waals surface area contributed by atoms with E-state index < -0.39 is 0 Å². The van der Waals surface area contributed by atoms with Gasteiger partial charge in [-0.15, -0.1) is 0 Å². The molecule has 1 heterocycles. The van der Waals surface area contributed by atoms with Gasteiger partial charge in [0, 0.05) is 25.7 Å². The van der Waals surface area contributed by atoms with Gasteiger partial charge in [0.2, 0.25) is 5.91 Å². The number of hydrogen-bond donors (Lipinski definition) is 1. The molecule has 1 aliphatic heterocycles. The summed E-state index contributed by atoms with van der Waals surface area (Å²) < 4.78 is 5.29. The molecule has 1 rings (SSSR count). The van der Waals surface area contributed by atoms with E-state index in [2.05, 4.69) is 26.1 Å². The van der Waals surface area contributed by atoms with E-state index >= 15 is 0 Å². The number of hydrogen-bond acceptors (Lipinski definition) is 2. The average Bonchev–Trinajstić information content (AvgIpc) is 2.27. The van der Waals surface area contributed by atoms with Crippen LogP contribution in [0.4, 0.5) is 0 Å². The number of rotatable bonds is 5. The smallest absolute Gasteiger partial charge is 0.220 e. The normalized spacial score (nSPS) is 19.8. The fraction of sp³-hybridized carbons (Fsp3) is 0.923. The molecular weight excluding hydrogens is 202 g/mol. The summed E-state index contributed by atoms with van der Waals surface area (Å²) in [5.41, 5.74) is 0. The lowest BCUT2D eigenvalue weighted by Gasteiger charge is -2.24. The van der Waals surface area contributed by atoms with Crippen LogP contribution < -0.4 is 5.32 Å².